The molecular formula is C23H25ClO5. The second-order valence-electron chi connectivity index (χ2n) is 7.06. The van der Waals surface area contributed by atoms with Gasteiger partial charge in [-0.1, -0.05) is 60.2 Å². The van der Waals surface area contributed by atoms with Crippen molar-refractivity contribution in [2.24, 2.45) is 5.92 Å². The molecule has 29 heavy (non-hydrogen) atoms. The molecule has 2 aromatic carbocycles. The quantitative estimate of drug-likeness (QED) is 0.429. The molecule has 3 rings (SSSR count). The summed E-state index contributed by atoms with van der Waals surface area (Å²) < 4.78 is 12.2. The van der Waals surface area contributed by atoms with Gasteiger partial charge in [0.25, 0.3) is 0 Å². The van der Waals surface area contributed by atoms with Gasteiger partial charge in [0.2, 0.25) is 0 Å². The van der Waals surface area contributed by atoms with Crippen molar-refractivity contribution in [2.75, 3.05) is 6.61 Å². The molecule has 3 unspecified atom stereocenters. The van der Waals surface area contributed by atoms with Gasteiger partial charge in [-0.2, -0.15) is 0 Å². The Labute approximate surface area is 175 Å². The van der Waals surface area contributed by atoms with Crippen LogP contribution in [0.5, 0.6) is 5.75 Å². The number of phenols is 1. The van der Waals surface area contributed by atoms with Crippen LogP contribution in [0.15, 0.2) is 60.7 Å². The fourth-order valence-corrected chi connectivity index (χ4v) is 3.64. The van der Waals surface area contributed by atoms with Crippen molar-refractivity contribution in [3.8, 4) is 5.75 Å². The highest BCUT2D eigenvalue weighted by Crippen LogP contribution is 2.43. The van der Waals surface area contributed by atoms with E-state index in [1.54, 1.807) is 18.2 Å². The summed E-state index contributed by atoms with van der Waals surface area (Å²) in [5, 5.41) is 19.6. The average Bonchev–Trinajstić information content (AvgIpc) is 2.71. The largest absolute Gasteiger partial charge is 0.508 e. The van der Waals surface area contributed by atoms with Crippen LogP contribution in [0.4, 0.5) is 0 Å². The molecule has 0 radical (unpaired) electrons. The summed E-state index contributed by atoms with van der Waals surface area (Å²) in [4.78, 5) is 10.6. The zero-order chi connectivity index (χ0) is 20.6. The van der Waals surface area contributed by atoms with E-state index in [0.29, 0.717) is 30.9 Å². The molecule has 5 nitrogen and oxygen atoms in total. The molecule has 2 N–H and O–H groups in total. The number of halogens is 1. The van der Waals surface area contributed by atoms with Crippen LogP contribution in [0.25, 0.3) is 0 Å². The number of phenolic OH excluding ortho intramolecular Hbond substituents is 1. The number of aliphatic carboxylic acids is 1. The van der Waals surface area contributed by atoms with Crippen LogP contribution in [-0.2, 0) is 14.3 Å². The first-order valence-electron chi connectivity index (χ1n) is 9.72. The van der Waals surface area contributed by atoms with E-state index in [4.69, 9.17) is 26.2 Å². The molecule has 1 aliphatic rings. The van der Waals surface area contributed by atoms with Crippen molar-refractivity contribution in [1.82, 2.24) is 0 Å². The Morgan fingerprint density at radius 3 is 2.55 bits per heavy atom. The van der Waals surface area contributed by atoms with Crippen LogP contribution in [0.3, 0.4) is 0 Å². The van der Waals surface area contributed by atoms with Crippen molar-refractivity contribution in [3.63, 3.8) is 0 Å². The van der Waals surface area contributed by atoms with Gasteiger partial charge in [-0.05, 0) is 31.4 Å². The predicted molar refractivity (Wildman–Crippen MR) is 111 cm³/mol. The number of allylic oxidation sites excluding steroid dienone is 2. The molecule has 154 valence electrons. The third-order valence-electron chi connectivity index (χ3n) is 4.93. The molecule has 1 heterocycles. The Hall–Kier alpha value is -2.34. The van der Waals surface area contributed by atoms with Gasteiger partial charge >= 0.3 is 5.97 Å². The van der Waals surface area contributed by atoms with Crippen molar-refractivity contribution in [2.45, 2.75) is 38.1 Å². The van der Waals surface area contributed by atoms with E-state index in [1.165, 1.54) is 0 Å². The fraction of sp³-hybridized carbons (Fsp3) is 0.348. The maximum Gasteiger partial charge on any atom is 0.303 e. The summed E-state index contributed by atoms with van der Waals surface area (Å²) in [6, 6.07) is 14.6. The zero-order valence-electron chi connectivity index (χ0n) is 16.0. The second-order valence-corrected chi connectivity index (χ2v) is 7.46. The van der Waals surface area contributed by atoms with Crippen molar-refractivity contribution < 1.29 is 24.5 Å². The van der Waals surface area contributed by atoms with Gasteiger partial charge < -0.3 is 19.7 Å². The Bertz CT molecular complexity index is 851. The van der Waals surface area contributed by atoms with E-state index >= 15 is 0 Å². The lowest BCUT2D eigenvalue weighted by Gasteiger charge is -2.37. The van der Waals surface area contributed by atoms with Crippen LogP contribution in [0, 0.1) is 5.92 Å². The van der Waals surface area contributed by atoms with Crippen molar-refractivity contribution in [1.29, 1.82) is 0 Å². The normalized spacial score (nSPS) is 22.0. The Balaban J connectivity index is 1.72. The molecule has 1 saturated heterocycles. The first-order valence-corrected chi connectivity index (χ1v) is 10.1. The lowest BCUT2D eigenvalue weighted by molar-refractivity contribution is -0.244. The Morgan fingerprint density at radius 1 is 1.10 bits per heavy atom. The minimum absolute atomic E-state index is 0.0118. The molecule has 0 aliphatic carbocycles. The summed E-state index contributed by atoms with van der Waals surface area (Å²) in [5.74, 6) is -0.580. The molecule has 0 amide bonds. The third kappa shape index (κ3) is 5.82. The number of unbranched alkanes of at least 4 members (excludes halogenated alkanes) is 1. The number of hydrogen-bond acceptors (Lipinski definition) is 4. The number of aromatic hydroxyl groups is 1. The fourth-order valence-electron chi connectivity index (χ4n) is 3.42. The first-order chi connectivity index (χ1) is 14.1. The van der Waals surface area contributed by atoms with Gasteiger partial charge in [0.15, 0.2) is 6.29 Å². The lowest BCUT2D eigenvalue weighted by Crippen LogP contribution is -2.30. The molecule has 0 spiro atoms. The van der Waals surface area contributed by atoms with Gasteiger partial charge in [-0.25, -0.2) is 0 Å². The van der Waals surface area contributed by atoms with E-state index in [-0.39, 0.29) is 24.2 Å². The van der Waals surface area contributed by atoms with Crippen LogP contribution in [-0.4, -0.2) is 22.8 Å². The number of hydrogen-bond donors (Lipinski definition) is 2. The zero-order valence-corrected chi connectivity index (χ0v) is 16.8. The highest BCUT2D eigenvalue weighted by molar-refractivity contribution is 6.31. The number of carbonyl (C=O) groups is 1. The van der Waals surface area contributed by atoms with Crippen molar-refractivity contribution in [3.05, 3.63) is 76.8 Å². The topological polar surface area (TPSA) is 76.0 Å². The summed E-state index contributed by atoms with van der Waals surface area (Å²) in [6.45, 7) is 0.453. The summed E-state index contributed by atoms with van der Waals surface area (Å²) in [7, 11) is 0. The molecule has 1 fully saturated rings. The third-order valence-corrected chi connectivity index (χ3v) is 5.27. The lowest BCUT2D eigenvalue weighted by atomic mass is 9.91. The second kappa shape index (κ2) is 10.4. The van der Waals surface area contributed by atoms with E-state index in [0.717, 1.165) is 11.1 Å². The Kier molecular flexibility index (Phi) is 7.69. The van der Waals surface area contributed by atoms with Crippen LogP contribution in [0.1, 0.15) is 49.2 Å². The standard InChI is InChI=1S/C23H25ClO5/c24-19-12-7-5-10-17(19)23-28-15-16(9-3-1-2-4-14-21(26)27)22(29-23)18-11-6-8-13-20(18)25/h1,3,5-8,10-13,16,22-23,25H,2,4,9,14-15H2,(H,26,27). The van der Waals surface area contributed by atoms with Gasteiger partial charge in [0.1, 0.15) is 5.75 Å². The molecule has 6 heteroatoms. The number of para-hydroxylation sites is 1. The van der Waals surface area contributed by atoms with E-state index in [1.807, 2.05) is 42.5 Å². The van der Waals surface area contributed by atoms with Crippen LogP contribution >= 0.6 is 11.6 Å². The molecule has 0 bridgehead atoms. The monoisotopic (exact) mass is 416 g/mol. The van der Waals surface area contributed by atoms with E-state index < -0.39 is 12.3 Å². The number of carboxylic acids is 1. The number of rotatable bonds is 8. The summed E-state index contributed by atoms with van der Waals surface area (Å²) in [5.41, 5.74) is 1.48. The van der Waals surface area contributed by atoms with Crippen molar-refractivity contribution >= 4 is 17.6 Å². The number of benzene rings is 2. The maximum absolute atomic E-state index is 10.6. The molecule has 0 aromatic heterocycles. The molecule has 3 atom stereocenters. The molecule has 0 saturated carbocycles. The highest BCUT2D eigenvalue weighted by Gasteiger charge is 2.35. The SMILES string of the molecule is O=C(O)CCCC=CCC1COC(c2ccccc2Cl)OC1c1ccccc1O. The molecule has 1 aliphatic heterocycles. The number of ether oxygens (including phenoxy) is 2. The predicted octanol–water partition coefficient (Wildman–Crippen LogP) is 5.65. The maximum atomic E-state index is 10.6. The first kappa shape index (κ1) is 21.4. The smallest absolute Gasteiger partial charge is 0.303 e. The van der Waals surface area contributed by atoms with Gasteiger partial charge in [0.05, 0.1) is 12.7 Å². The Morgan fingerprint density at radius 2 is 1.83 bits per heavy atom. The van der Waals surface area contributed by atoms with E-state index in [9.17, 15) is 9.90 Å². The van der Waals surface area contributed by atoms with Gasteiger partial charge in [0, 0.05) is 28.5 Å². The summed E-state index contributed by atoms with van der Waals surface area (Å²) >= 11 is 6.31. The molecular weight excluding hydrogens is 392 g/mol. The number of carboxylic acid groups (broad SMARTS) is 1. The minimum Gasteiger partial charge on any atom is -0.508 e. The minimum atomic E-state index is -0.780. The van der Waals surface area contributed by atoms with Crippen LogP contribution < -0.4 is 0 Å². The average molecular weight is 417 g/mol. The summed E-state index contributed by atoms with van der Waals surface area (Å²) in [6.07, 6.45) is 5.25. The van der Waals surface area contributed by atoms with Gasteiger partial charge in [-0.3, -0.25) is 4.79 Å². The molecule has 2 aromatic rings. The van der Waals surface area contributed by atoms with E-state index in [2.05, 4.69) is 0 Å². The highest BCUT2D eigenvalue weighted by atomic mass is 35.5. The van der Waals surface area contributed by atoms with Gasteiger partial charge in [-0.15, -0.1) is 0 Å². The van der Waals surface area contributed by atoms with Crippen LogP contribution in [0.2, 0.25) is 5.02 Å².